The van der Waals surface area contributed by atoms with Crippen molar-refractivity contribution in [2.24, 2.45) is 5.92 Å². The number of benzene rings is 1. The van der Waals surface area contributed by atoms with Crippen molar-refractivity contribution in [3.63, 3.8) is 0 Å². The lowest BCUT2D eigenvalue weighted by Crippen LogP contribution is -2.19. The molecule has 1 aromatic carbocycles. The molecule has 84 valence electrons. The molecule has 0 fully saturated rings. The van der Waals surface area contributed by atoms with Crippen molar-refractivity contribution in [3.05, 3.63) is 35.4 Å². The Morgan fingerprint density at radius 2 is 1.73 bits per heavy atom. The van der Waals surface area contributed by atoms with Gasteiger partial charge in [-0.1, -0.05) is 45.0 Å². The third-order valence-corrected chi connectivity index (χ3v) is 2.91. The summed E-state index contributed by atoms with van der Waals surface area (Å²) in [5.74, 6) is 0.683. The molecule has 0 saturated carbocycles. The van der Waals surface area contributed by atoms with Crippen molar-refractivity contribution in [1.82, 2.24) is 0 Å². The largest absolute Gasteiger partial charge is 0.385 e. The molecule has 0 radical (unpaired) electrons. The van der Waals surface area contributed by atoms with Crippen LogP contribution < -0.4 is 0 Å². The summed E-state index contributed by atoms with van der Waals surface area (Å²) in [6.45, 7) is 8.30. The Bertz CT molecular complexity index is 296. The molecule has 1 N–H and O–H groups in total. The zero-order chi connectivity index (χ0) is 11.5. The topological polar surface area (TPSA) is 20.2 Å². The molecule has 1 atom stereocenters. The van der Waals surface area contributed by atoms with Crippen LogP contribution in [0.5, 0.6) is 0 Å². The summed E-state index contributed by atoms with van der Waals surface area (Å²) >= 11 is 0. The highest BCUT2D eigenvalue weighted by Gasteiger charge is 2.19. The molecule has 1 heteroatoms. The van der Waals surface area contributed by atoms with Crippen molar-refractivity contribution in [2.75, 3.05) is 0 Å². The van der Waals surface area contributed by atoms with E-state index in [1.807, 2.05) is 26.0 Å². The molecular formula is C14H22O. The number of hydrogen-bond acceptors (Lipinski definition) is 1. The molecule has 0 unspecified atom stereocenters. The first-order valence-corrected chi connectivity index (χ1v) is 5.77. The van der Waals surface area contributed by atoms with Gasteiger partial charge in [-0.15, -0.1) is 0 Å². The zero-order valence-corrected chi connectivity index (χ0v) is 10.2. The summed E-state index contributed by atoms with van der Waals surface area (Å²) in [7, 11) is 0. The Morgan fingerprint density at radius 1 is 1.20 bits per heavy atom. The zero-order valence-electron chi connectivity index (χ0n) is 10.2. The first kappa shape index (κ1) is 12.3. The van der Waals surface area contributed by atoms with E-state index >= 15 is 0 Å². The Hall–Kier alpha value is -0.820. The van der Waals surface area contributed by atoms with Gasteiger partial charge in [0.1, 0.15) is 0 Å². The predicted octanol–water partition coefficient (Wildman–Crippen LogP) is 3.50. The van der Waals surface area contributed by atoms with Crippen LogP contribution in [0.25, 0.3) is 0 Å². The highest BCUT2D eigenvalue weighted by molar-refractivity contribution is 5.26. The molecule has 15 heavy (non-hydrogen) atoms. The van der Waals surface area contributed by atoms with Gasteiger partial charge in [-0.3, -0.25) is 0 Å². The van der Waals surface area contributed by atoms with Gasteiger partial charge in [-0.2, -0.15) is 0 Å². The van der Waals surface area contributed by atoms with Crippen molar-refractivity contribution >= 4 is 0 Å². The molecule has 1 aromatic rings. The third-order valence-electron chi connectivity index (χ3n) is 2.91. The molecule has 0 aliphatic carbocycles. The van der Waals surface area contributed by atoms with Crippen LogP contribution in [0.2, 0.25) is 0 Å². The molecular weight excluding hydrogens is 184 g/mol. The average Bonchev–Trinajstić information content (AvgIpc) is 2.18. The van der Waals surface area contributed by atoms with Gasteiger partial charge in [0.2, 0.25) is 0 Å². The van der Waals surface area contributed by atoms with E-state index in [2.05, 4.69) is 26.0 Å². The molecule has 0 amide bonds. The molecule has 0 aliphatic rings. The fourth-order valence-corrected chi connectivity index (χ4v) is 1.68. The second kappa shape index (κ2) is 4.80. The number of hydrogen-bond donors (Lipinski definition) is 1. The molecule has 1 rings (SSSR count). The van der Waals surface area contributed by atoms with E-state index in [4.69, 9.17) is 0 Å². The monoisotopic (exact) mass is 206 g/mol. The standard InChI is InChI=1S/C14H22O/c1-5-14(4,15)13-8-6-12(7-9-13)10-11(2)3/h6-9,11,15H,5,10H2,1-4H3/t14-/m1/s1. The quantitative estimate of drug-likeness (QED) is 0.799. The van der Waals surface area contributed by atoms with E-state index in [0.717, 1.165) is 18.4 Å². The van der Waals surface area contributed by atoms with Gasteiger partial charge in [-0.05, 0) is 36.8 Å². The fraction of sp³-hybridized carbons (Fsp3) is 0.571. The van der Waals surface area contributed by atoms with Crippen LogP contribution in [0.4, 0.5) is 0 Å². The highest BCUT2D eigenvalue weighted by Crippen LogP contribution is 2.24. The molecule has 0 aromatic heterocycles. The third kappa shape index (κ3) is 3.35. The summed E-state index contributed by atoms with van der Waals surface area (Å²) in [4.78, 5) is 0. The number of rotatable bonds is 4. The number of aliphatic hydroxyl groups is 1. The van der Waals surface area contributed by atoms with Crippen molar-refractivity contribution < 1.29 is 5.11 Å². The SMILES string of the molecule is CC[C@@](C)(O)c1ccc(CC(C)C)cc1. The van der Waals surface area contributed by atoms with E-state index in [1.165, 1.54) is 5.56 Å². The second-order valence-corrected chi connectivity index (χ2v) is 4.92. The molecule has 0 aliphatic heterocycles. The Labute approximate surface area is 93.1 Å². The maximum Gasteiger partial charge on any atom is 0.0865 e. The van der Waals surface area contributed by atoms with Gasteiger partial charge in [0.05, 0.1) is 5.60 Å². The summed E-state index contributed by atoms with van der Waals surface area (Å²) < 4.78 is 0. The van der Waals surface area contributed by atoms with Gasteiger partial charge in [0.15, 0.2) is 0 Å². The van der Waals surface area contributed by atoms with E-state index in [-0.39, 0.29) is 0 Å². The van der Waals surface area contributed by atoms with Crippen LogP contribution in [-0.2, 0) is 12.0 Å². The van der Waals surface area contributed by atoms with Crippen molar-refractivity contribution in [2.45, 2.75) is 46.1 Å². The van der Waals surface area contributed by atoms with E-state index < -0.39 is 5.60 Å². The Balaban J connectivity index is 2.81. The minimum absolute atomic E-state index is 0.683. The smallest absolute Gasteiger partial charge is 0.0865 e. The lowest BCUT2D eigenvalue weighted by atomic mass is 9.91. The lowest BCUT2D eigenvalue weighted by molar-refractivity contribution is 0.0531. The Morgan fingerprint density at radius 3 is 2.13 bits per heavy atom. The van der Waals surface area contributed by atoms with E-state index in [9.17, 15) is 5.11 Å². The summed E-state index contributed by atoms with van der Waals surface area (Å²) in [6.07, 6.45) is 1.85. The summed E-state index contributed by atoms with van der Waals surface area (Å²) in [5, 5.41) is 10.1. The predicted molar refractivity (Wildman–Crippen MR) is 64.8 cm³/mol. The van der Waals surface area contributed by atoms with Crippen LogP contribution in [0.3, 0.4) is 0 Å². The molecule has 1 nitrogen and oxygen atoms in total. The van der Waals surface area contributed by atoms with Crippen LogP contribution >= 0.6 is 0 Å². The van der Waals surface area contributed by atoms with Crippen LogP contribution in [0, 0.1) is 5.92 Å². The summed E-state index contributed by atoms with van der Waals surface area (Å²) in [5.41, 5.74) is 1.68. The second-order valence-electron chi connectivity index (χ2n) is 4.92. The Kier molecular flexibility index (Phi) is 3.92. The highest BCUT2D eigenvalue weighted by atomic mass is 16.3. The minimum atomic E-state index is -0.684. The van der Waals surface area contributed by atoms with Crippen LogP contribution in [-0.4, -0.2) is 5.11 Å². The average molecular weight is 206 g/mol. The van der Waals surface area contributed by atoms with Gasteiger partial charge in [0, 0.05) is 0 Å². The van der Waals surface area contributed by atoms with E-state index in [1.54, 1.807) is 0 Å². The first-order chi connectivity index (χ1) is 6.95. The van der Waals surface area contributed by atoms with Gasteiger partial charge in [0.25, 0.3) is 0 Å². The van der Waals surface area contributed by atoms with Gasteiger partial charge >= 0.3 is 0 Å². The maximum atomic E-state index is 10.1. The normalized spacial score (nSPS) is 15.3. The molecule has 0 saturated heterocycles. The first-order valence-electron chi connectivity index (χ1n) is 5.77. The minimum Gasteiger partial charge on any atom is -0.385 e. The molecule has 0 bridgehead atoms. The molecule has 0 spiro atoms. The van der Waals surface area contributed by atoms with Crippen LogP contribution in [0.1, 0.15) is 45.2 Å². The van der Waals surface area contributed by atoms with Gasteiger partial charge in [-0.25, -0.2) is 0 Å². The van der Waals surface area contributed by atoms with Crippen molar-refractivity contribution in [3.8, 4) is 0 Å². The van der Waals surface area contributed by atoms with Crippen LogP contribution in [0.15, 0.2) is 24.3 Å². The fourth-order valence-electron chi connectivity index (χ4n) is 1.68. The molecule has 0 heterocycles. The van der Waals surface area contributed by atoms with Crippen molar-refractivity contribution in [1.29, 1.82) is 0 Å². The van der Waals surface area contributed by atoms with E-state index in [0.29, 0.717) is 5.92 Å². The van der Waals surface area contributed by atoms with Gasteiger partial charge < -0.3 is 5.11 Å². The summed E-state index contributed by atoms with van der Waals surface area (Å²) in [6, 6.07) is 8.33. The lowest BCUT2D eigenvalue weighted by Gasteiger charge is -2.22. The maximum absolute atomic E-state index is 10.1.